The van der Waals surface area contributed by atoms with E-state index in [1.165, 1.54) is 11.8 Å². The van der Waals surface area contributed by atoms with Crippen molar-refractivity contribution in [1.82, 2.24) is 25.0 Å². The molecule has 2 aromatic carbocycles. The first-order valence-electron chi connectivity index (χ1n) is 9.84. The van der Waals surface area contributed by atoms with Crippen LogP contribution < -0.4 is 0 Å². The highest BCUT2D eigenvalue weighted by atomic mass is 32.2. The minimum atomic E-state index is 0.507. The molecule has 8 heteroatoms. The van der Waals surface area contributed by atoms with E-state index in [0.717, 1.165) is 16.3 Å². The number of rotatable bonds is 8. The molecule has 7 nitrogen and oxygen atoms in total. The van der Waals surface area contributed by atoms with Crippen LogP contribution in [0.1, 0.15) is 22.9 Å². The number of hydrogen-bond acceptors (Lipinski definition) is 7. The number of aromatic nitrogens is 5. The Morgan fingerprint density at radius 3 is 2.23 bits per heavy atom. The molecular formula is C23H19N5O2S. The van der Waals surface area contributed by atoms with Crippen LogP contribution in [0, 0.1) is 0 Å². The van der Waals surface area contributed by atoms with Crippen LogP contribution in [0.5, 0.6) is 0 Å². The van der Waals surface area contributed by atoms with Crippen LogP contribution in [0.2, 0.25) is 0 Å². The molecular weight excluding hydrogens is 410 g/mol. The molecule has 0 aliphatic rings. The minimum absolute atomic E-state index is 0.507. The molecule has 5 aromatic rings. The van der Waals surface area contributed by atoms with Crippen molar-refractivity contribution in [2.75, 3.05) is 0 Å². The summed E-state index contributed by atoms with van der Waals surface area (Å²) in [6.07, 6.45) is 2.25. The molecule has 0 amide bonds. The summed E-state index contributed by atoms with van der Waals surface area (Å²) in [7, 11) is 0. The van der Waals surface area contributed by atoms with Crippen LogP contribution in [0.3, 0.4) is 0 Å². The number of furan rings is 1. The molecule has 0 fully saturated rings. The summed E-state index contributed by atoms with van der Waals surface area (Å²) in [6, 6.07) is 24.0. The molecule has 0 aliphatic heterocycles. The van der Waals surface area contributed by atoms with Gasteiger partial charge in [0.05, 0.1) is 25.0 Å². The normalized spacial score (nSPS) is 11.1. The van der Waals surface area contributed by atoms with Crippen LogP contribution in [-0.4, -0.2) is 25.0 Å². The van der Waals surface area contributed by atoms with Crippen LogP contribution in [0.15, 0.2) is 93.1 Å². The molecule has 0 saturated carbocycles. The summed E-state index contributed by atoms with van der Waals surface area (Å²) in [6.45, 7) is 0.634. The molecule has 0 radical (unpaired) electrons. The summed E-state index contributed by atoms with van der Waals surface area (Å²) in [5.74, 6) is 3.03. The highest BCUT2D eigenvalue weighted by molar-refractivity contribution is 7.98. The van der Waals surface area contributed by atoms with Gasteiger partial charge < -0.3 is 8.83 Å². The van der Waals surface area contributed by atoms with E-state index in [9.17, 15) is 0 Å². The molecule has 0 aliphatic carbocycles. The molecule has 31 heavy (non-hydrogen) atoms. The van der Waals surface area contributed by atoms with Crippen LogP contribution in [0.25, 0.3) is 11.6 Å². The summed E-state index contributed by atoms with van der Waals surface area (Å²) < 4.78 is 13.4. The molecule has 0 unspecified atom stereocenters. The second-order valence-electron chi connectivity index (χ2n) is 6.90. The molecule has 5 rings (SSSR count). The van der Waals surface area contributed by atoms with Crippen molar-refractivity contribution in [2.24, 2.45) is 0 Å². The van der Waals surface area contributed by atoms with Crippen molar-refractivity contribution in [3.05, 3.63) is 102 Å². The fraction of sp³-hybridized carbons (Fsp3) is 0.130. The van der Waals surface area contributed by atoms with Crippen molar-refractivity contribution < 1.29 is 8.83 Å². The average molecular weight is 430 g/mol. The van der Waals surface area contributed by atoms with Gasteiger partial charge in [0.15, 0.2) is 10.9 Å². The number of thioether (sulfide) groups is 1. The van der Waals surface area contributed by atoms with E-state index in [4.69, 9.17) is 8.83 Å². The van der Waals surface area contributed by atoms with Crippen molar-refractivity contribution >= 4 is 11.8 Å². The molecule has 0 bridgehead atoms. The zero-order valence-corrected chi connectivity index (χ0v) is 17.4. The molecule has 0 spiro atoms. The Kier molecular flexibility index (Phi) is 5.62. The zero-order chi connectivity index (χ0) is 20.9. The third-order valence-electron chi connectivity index (χ3n) is 4.67. The second-order valence-corrected chi connectivity index (χ2v) is 7.84. The maximum atomic E-state index is 5.83. The lowest BCUT2D eigenvalue weighted by atomic mass is 10.2. The van der Waals surface area contributed by atoms with E-state index < -0.39 is 0 Å². The third kappa shape index (κ3) is 4.59. The smallest absolute Gasteiger partial charge is 0.226 e. The van der Waals surface area contributed by atoms with Gasteiger partial charge in [-0.2, -0.15) is 0 Å². The molecule has 0 atom stereocenters. The molecule has 154 valence electrons. The van der Waals surface area contributed by atoms with Gasteiger partial charge in [0.2, 0.25) is 17.6 Å². The maximum Gasteiger partial charge on any atom is 0.226 e. The summed E-state index contributed by atoms with van der Waals surface area (Å²) in [5, 5.41) is 17.9. The fourth-order valence-electron chi connectivity index (χ4n) is 3.21. The van der Waals surface area contributed by atoms with E-state index in [1.54, 1.807) is 6.26 Å². The first kappa shape index (κ1) is 19.3. The van der Waals surface area contributed by atoms with E-state index in [-0.39, 0.29) is 0 Å². The van der Waals surface area contributed by atoms with E-state index in [0.29, 0.717) is 42.1 Å². The summed E-state index contributed by atoms with van der Waals surface area (Å²) in [5.41, 5.74) is 2.29. The van der Waals surface area contributed by atoms with Crippen molar-refractivity contribution in [1.29, 1.82) is 0 Å². The van der Waals surface area contributed by atoms with Gasteiger partial charge in [-0.15, -0.1) is 20.4 Å². The molecule has 0 N–H and O–H groups in total. The molecule has 3 heterocycles. The van der Waals surface area contributed by atoms with E-state index in [2.05, 4.69) is 32.5 Å². The maximum absolute atomic E-state index is 5.83. The van der Waals surface area contributed by atoms with Crippen molar-refractivity contribution in [2.45, 2.75) is 23.9 Å². The van der Waals surface area contributed by atoms with Gasteiger partial charge in [0.1, 0.15) is 0 Å². The van der Waals surface area contributed by atoms with Gasteiger partial charge in [-0.05, 0) is 23.3 Å². The predicted octanol–water partition coefficient (Wildman–Crippen LogP) is 4.85. The van der Waals surface area contributed by atoms with Crippen LogP contribution >= 0.6 is 11.8 Å². The number of hydrogen-bond donors (Lipinski definition) is 0. The SMILES string of the molecule is c1ccc(Cc2nnc(CSc3nnc(-c4ccco4)n3Cc3ccccc3)o2)cc1. The van der Waals surface area contributed by atoms with Gasteiger partial charge in [-0.3, -0.25) is 4.57 Å². The summed E-state index contributed by atoms with van der Waals surface area (Å²) in [4.78, 5) is 0. The van der Waals surface area contributed by atoms with E-state index >= 15 is 0 Å². The van der Waals surface area contributed by atoms with Gasteiger partial charge >= 0.3 is 0 Å². The minimum Gasteiger partial charge on any atom is -0.461 e. The largest absolute Gasteiger partial charge is 0.461 e. The molecule has 3 aromatic heterocycles. The Bertz CT molecular complexity index is 1230. The second kappa shape index (κ2) is 9.01. The van der Waals surface area contributed by atoms with Crippen LogP contribution in [-0.2, 0) is 18.7 Å². The zero-order valence-electron chi connectivity index (χ0n) is 16.6. The number of benzene rings is 2. The van der Waals surface area contributed by atoms with Crippen molar-refractivity contribution in [3.63, 3.8) is 0 Å². The molecule has 0 saturated heterocycles. The van der Waals surface area contributed by atoms with Crippen LogP contribution in [0.4, 0.5) is 0 Å². The van der Waals surface area contributed by atoms with Crippen molar-refractivity contribution in [3.8, 4) is 11.6 Å². The van der Waals surface area contributed by atoms with Gasteiger partial charge in [-0.25, -0.2) is 0 Å². The Morgan fingerprint density at radius 2 is 1.48 bits per heavy atom. The Hall–Kier alpha value is -3.65. The van der Waals surface area contributed by atoms with Gasteiger partial charge in [-0.1, -0.05) is 72.4 Å². The van der Waals surface area contributed by atoms with Gasteiger partial charge in [0.25, 0.3) is 0 Å². The monoisotopic (exact) mass is 429 g/mol. The lowest BCUT2D eigenvalue weighted by molar-refractivity contribution is 0.474. The third-order valence-corrected chi connectivity index (χ3v) is 5.63. The van der Waals surface area contributed by atoms with Gasteiger partial charge in [0, 0.05) is 0 Å². The Labute approximate surface area is 183 Å². The highest BCUT2D eigenvalue weighted by Gasteiger charge is 2.18. The first-order valence-corrected chi connectivity index (χ1v) is 10.8. The predicted molar refractivity (Wildman–Crippen MR) is 116 cm³/mol. The Balaban J connectivity index is 1.33. The van der Waals surface area contributed by atoms with E-state index in [1.807, 2.05) is 65.2 Å². The Morgan fingerprint density at radius 1 is 0.742 bits per heavy atom. The lowest BCUT2D eigenvalue weighted by Gasteiger charge is -2.08. The quantitative estimate of drug-likeness (QED) is 0.326. The summed E-state index contributed by atoms with van der Waals surface area (Å²) >= 11 is 1.51. The first-order chi connectivity index (χ1) is 15.3. The lowest BCUT2D eigenvalue weighted by Crippen LogP contribution is -2.04. The highest BCUT2D eigenvalue weighted by Crippen LogP contribution is 2.27. The topological polar surface area (TPSA) is 82.8 Å². The average Bonchev–Trinajstić information content (AvgIpc) is 3.56. The fourth-order valence-corrected chi connectivity index (χ4v) is 3.98. The standard InChI is InChI=1S/C23H19N5O2S/c1-3-8-17(9-4-1)14-20-24-25-21(30-20)16-31-23-27-26-22(19-12-7-13-29-19)28(23)15-18-10-5-2-6-11-18/h1-13H,14-16H2. The number of nitrogens with zero attached hydrogens (tertiary/aromatic N) is 5.